The van der Waals surface area contributed by atoms with E-state index in [1.165, 1.54) is 16.9 Å². The topological polar surface area (TPSA) is 154 Å². The number of carbonyl (C=O) groups is 2. The van der Waals surface area contributed by atoms with Gasteiger partial charge in [0.1, 0.15) is 23.7 Å². The molecular weight excluding hydrogens is 588 g/mol. The number of amides is 1. The Bertz CT molecular complexity index is 1320. The number of unbranched alkanes of at least 4 members (excludes halogenated alkanes) is 1. The number of allylic oxidation sites excluding steroid dienone is 7. The molecule has 1 aliphatic rings. The smallest absolute Gasteiger partial charge is 0.225 e. The number of aldehydes is 1. The maximum Gasteiger partial charge on any atom is 0.225 e. The Balaban J connectivity index is 0.000000373. The molecule has 0 bridgehead atoms. The largest absolute Gasteiger partial charge is 0.491 e. The predicted octanol–water partition coefficient (Wildman–Crippen LogP) is 5.40. The van der Waals surface area contributed by atoms with Gasteiger partial charge in [0.15, 0.2) is 0 Å². The van der Waals surface area contributed by atoms with Gasteiger partial charge in [0.25, 0.3) is 0 Å². The molecule has 0 spiro atoms. The number of benzene rings is 1. The van der Waals surface area contributed by atoms with E-state index < -0.39 is 0 Å². The van der Waals surface area contributed by atoms with Gasteiger partial charge >= 0.3 is 0 Å². The van der Waals surface area contributed by atoms with Crippen LogP contribution in [0.5, 0.6) is 5.75 Å². The van der Waals surface area contributed by atoms with Crippen LogP contribution in [-0.4, -0.2) is 49.8 Å². The van der Waals surface area contributed by atoms with E-state index in [4.69, 9.17) is 20.9 Å². The van der Waals surface area contributed by atoms with Gasteiger partial charge in [0.05, 0.1) is 12.4 Å². The molecule has 1 aromatic heterocycles. The second-order valence-corrected chi connectivity index (χ2v) is 10.7. The molecule has 6 N–H and O–H groups in total. The number of carbonyl (C=O) groups excluding carboxylic acids is 2. The fourth-order valence-electron chi connectivity index (χ4n) is 3.53. The summed E-state index contributed by atoms with van der Waals surface area (Å²) >= 11 is 1.42. The molecule has 1 aromatic carbocycles. The molecule has 45 heavy (non-hydrogen) atoms. The third-order valence-electron chi connectivity index (χ3n) is 6.03. The number of rotatable bonds is 15. The van der Waals surface area contributed by atoms with Gasteiger partial charge in [-0.25, -0.2) is 0 Å². The molecule has 0 atom stereocenters. The average Bonchev–Trinajstić information content (AvgIpc) is 3.51. The van der Waals surface area contributed by atoms with Gasteiger partial charge in [-0.15, -0.1) is 16.1 Å². The first-order chi connectivity index (χ1) is 21.8. The molecule has 11 heteroatoms. The van der Waals surface area contributed by atoms with Crippen LogP contribution in [0.25, 0.3) is 0 Å². The predicted molar refractivity (Wildman–Crippen MR) is 183 cm³/mol. The zero-order valence-corrected chi connectivity index (χ0v) is 27.8. The zero-order chi connectivity index (χ0) is 33.1. The SMILES string of the molecule is CC#Cc1ccc(OCCOC)cc1.CCC(=O)Nc1nnc(CCCC/C(N)=C/C=C(\N)NC)s1.O=CCC1=CC=CCC1. The lowest BCUT2D eigenvalue weighted by Gasteiger charge is -2.04. The van der Waals surface area contributed by atoms with Gasteiger partial charge in [-0.3, -0.25) is 4.79 Å². The van der Waals surface area contributed by atoms with E-state index in [0.29, 0.717) is 37.0 Å². The first kappa shape index (κ1) is 38.6. The Kier molecular flexibility index (Phi) is 21.4. The van der Waals surface area contributed by atoms with Crippen molar-refractivity contribution in [2.45, 2.75) is 65.2 Å². The molecule has 0 aliphatic heterocycles. The number of aryl methyl sites for hydroxylation is 1. The Morgan fingerprint density at radius 3 is 2.53 bits per heavy atom. The van der Waals surface area contributed by atoms with Crippen LogP contribution in [0.15, 0.2) is 71.7 Å². The number of methoxy groups -OCH3 is 1. The summed E-state index contributed by atoms with van der Waals surface area (Å²) in [6.45, 7) is 4.81. The van der Waals surface area contributed by atoms with E-state index in [0.717, 1.165) is 66.8 Å². The summed E-state index contributed by atoms with van der Waals surface area (Å²) in [7, 11) is 3.42. The van der Waals surface area contributed by atoms with Gasteiger partial charge in [-0.05, 0) is 75.4 Å². The Labute approximate surface area is 272 Å². The minimum atomic E-state index is -0.0468. The molecular formula is C34H48N6O4S. The second-order valence-electron chi connectivity index (χ2n) is 9.63. The first-order valence-electron chi connectivity index (χ1n) is 15.0. The Morgan fingerprint density at radius 1 is 1.13 bits per heavy atom. The Morgan fingerprint density at radius 2 is 1.91 bits per heavy atom. The number of nitrogens with zero attached hydrogens (tertiary/aromatic N) is 2. The molecule has 1 heterocycles. The number of anilines is 1. The van der Waals surface area contributed by atoms with Crippen LogP contribution < -0.4 is 26.8 Å². The van der Waals surface area contributed by atoms with Crippen molar-refractivity contribution in [3.05, 3.63) is 82.3 Å². The van der Waals surface area contributed by atoms with Crippen molar-refractivity contribution >= 4 is 28.7 Å². The number of nitrogens with two attached hydrogens (primary N) is 2. The number of aromatic nitrogens is 2. The highest BCUT2D eigenvalue weighted by atomic mass is 32.1. The van der Waals surface area contributed by atoms with Crippen molar-refractivity contribution in [3.8, 4) is 17.6 Å². The van der Waals surface area contributed by atoms with Crippen LogP contribution >= 0.6 is 11.3 Å². The van der Waals surface area contributed by atoms with E-state index >= 15 is 0 Å². The summed E-state index contributed by atoms with van der Waals surface area (Å²) in [5.41, 5.74) is 14.6. The summed E-state index contributed by atoms with van der Waals surface area (Å²) in [5.74, 6) is 7.20. The fraction of sp³-hybridized carbons (Fsp3) is 0.412. The molecule has 0 unspecified atom stereocenters. The summed E-state index contributed by atoms with van der Waals surface area (Å²) < 4.78 is 10.3. The van der Waals surface area contributed by atoms with Crippen molar-refractivity contribution in [2.75, 3.05) is 32.7 Å². The average molecular weight is 637 g/mol. The summed E-state index contributed by atoms with van der Waals surface area (Å²) in [4.78, 5) is 21.3. The second kappa shape index (κ2) is 25.0. The first-order valence-corrected chi connectivity index (χ1v) is 15.8. The van der Waals surface area contributed by atoms with E-state index in [2.05, 4.69) is 38.7 Å². The van der Waals surface area contributed by atoms with Crippen LogP contribution in [0.2, 0.25) is 0 Å². The highest BCUT2D eigenvalue weighted by molar-refractivity contribution is 7.15. The molecule has 0 saturated carbocycles. The highest BCUT2D eigenvalue weighted by Crippen LogP contribution is 2.18. The van der Waals surface area contributed by atoms with E-state index in [1.807, 2.05) is 49.4 Å². The highest BCUT2D eigenvalue weighted by Gasteiger charge is 2.06. The summed E-state index contributed by atoms with van der Waals surface area (Å²) in [6, 6.07) is 7.71. The lowest BCUT2D eigenvalue weighted by molar-refractivity contribution is -0.116. The molecule has 0 radical (unpaired) electrons. The third kappa shape index (κ3) is 19.5. The molecule has 0 fully saturated rings. The zero-order valence-electron chi connectivity index (χ0n) is 26.9. The van der Waals surface area contributed by atoms with E-state index in [-0.39, 0.29) is 5.91 Å². The maximum absolute atomic E-state index is 11.2. The van der Waals surface area contributed by atoms with Crippen LogP contribution in [0.3, 0.4) is 0 Å². The molecule has 0 saturated heterocycles. The van der Waals surface area contributed by atoms with Gasteiger partial charge in [-0.1, -0.05) is 48.0 Å². The van der Waals surface area contributed by atoms with E-state index in [9.17, 15) is 9.59 Å². The Hall–Kier alpha value is -4.40. The molecule has 3 rings (SSSR count). The minimum absolute atomic E-state index is 0.0468. The normalized spacial score (nSPS) is 12.2. The van der Waals surface area contributed by atoms with Crippen LogP contribution in [0.1, 0.15) is 69.4 Å². The van der Waals surface area contributed by atoms with Gasteiger partial charge in [-0.2, -0.15) is 0 Å². The van der Waals surface area contributed by atoms with E-state index in [1.54, 1.807) is 27.2 Å². The van der Waals surface area contributed by atoms with Gasteiger partial charge in [0, 0.05) is 44.7 Å². The number of hydrogen-bond donors (Lipinski definition) is 4. The van der Waals surface area contributed by atoms with Gasteiger partial charge in [0.2, 0.25) is 11.0 Å². The molecule has 244 valence electrons. The third-order valence-corrected chi connectivity index (χ3v) is 6.93. The van der Waals surface area contributed by atoms with Crippen LogP contribution in [-0.2, 0) is 20.7 Å². The minimum Gasteiger partial charge on any atom is -0.491 e. The van der Waals surface area contributed by atoms with Crippen molar-refractivity contribution in [1.29, 1.82) is 0 Å². The lowest BCUT2D eigenvalue weighted by atomic mass is 10.0. The number of ether oxygens (including phenoxy) is 2. The quantitative estimate of drug-likeness (QED) is 0.0871. The fourth-order valence-corrected chi connectivity index (χ4v) is 4.33. The molecule has 1 amide bonds. The van der Waals surface area contributed by atoms with Crippen molar-refractivity contribution in [2.24, 2.45) is 11.5 Å². The van der Waals surface area contributed by atoms with Crippen molar-refractivity contribution in [1.82, 2.24) is 15.5 Å². The molecule has 1 aliphatic carbocycles. The maximum atomic E-state index is 11.2. The van der Waals surface area contributed by atoms with Gasteiger partial charge < -0.3 is 36.4 Å². The summed E-state index contributed by atoms with van der Waals surface area (Å²) in [6.07, 6.45) is 17.5. The molecule has 2 aromatic rings. The molecule has 10 nitrogen and oxygen atoms in total. The lowest BCUT2D eigenvalue weighted by Crippen LogP contribution is -2.14. The van der Waals surface area contributed by atoms with Crippen LogP contribution in [0, 0.1) is 11.8 Å². The van der Waals surface area contributed by atoms with Crippen molar-refractivity contribution < 1.29 is 19.1 Å². The summed E-state index contributed by atoms with van der Waals surface area (Å²) in [5, 5.41) is 15.0. The van der Waals surface area contributed by atoms with Crippen LogP contribution in [0.4, 0.5) is 5.13 Å². The monoisotopic (exact) mass is 636 g/mol. The number of nitrogens with one attached hydrogen (secondary N) is 2. The standard InChI is InChI=1S/C14H24N6OS.C12H14O2.C8H10O/c1-3-12(21)18-14-20-19-13(22-14)7-5-4-6-10(15)8-9-11(16)17-2;1-3-4-11-5-7-12(8-6-11)14-10-9-13-2;9-7-6-8-4-2-1-3-5-8/h8-9,17H,3-7,15-16H2,1-2H3,(H,18,20,21);5-8H,9-10H2,1-2H3;1-2,4,7H,3,5-6H2/b10-8-,11-9+;;. The van der Waals surface area contributed by atoms with Crippen molar-refractivity contribution in [3.63, 3.8) is 0 Å². The number of hydrogen-bond acceptors (Lipinski definition) is 10.